The van der Waals surface area contributed by atoms with Gasteiger partial charge in [0, 0.05) is 12.2 Å². The molecule has 2 rings (SSSR count). The molecule has 0 unspecified atom stereocenters. The van der Waals surface area contributed by atoms with Gasteiger partial charge in [0.1, 0.15) is 0 Å². The summed E-state index contributed by atoms with van der Waals surface area (Å²) < 4.78 is 0. The minimum Gasteiger partial charge on any atom is -0.478 e. The Morgan fingerprint density at radius 1 is 1.10 bits per heavy atom. The molecule has 2 aromatic carbocycles. The molecule has 0 saturated heterocycles. The lowest BCUT2D eigenvalue weighted by molar-refractivity contribution is 0.0697. The first-order valence-electron chi connectivity index (χ1n) is 6.75. The van der Waals surface area contributed by atoms with Crippen LogP contribution in [0.5, 0.6) is 0 Å². The van der Waals surface area contributed by atoms with Crippen molar-refractivity contribution >= 4 is 11.7 Å². The molecule has 2 aromatic rings. The van der Waals surface area contributed by atoms with Crippen molar-refractivity contribution in [2.24, 2.45) is 0 Å². The van der Waals surface area contributed by atoms with Crippen molar-refractivity contribution in [3.63, 3.8) is 0 Å². The van der Waals surface area contributed by atoms with Gasteiger partial charge in [0.25, 0.3) is 0 Å². The lowest BCUT2D eigenvalue weighted by atomic mass is 10.1. The third kappa shape index (κ3) is 3.38. The second-order valence-corrected chi connectivity index (χ2v) is 4.86. The fraction of sp³-hybridized carbons (Fsp3) is 0.235. The maximum atomic E-state index is 10.9. The van der Waals surface area contributed by atoms with Crippen LogP contribution in [0.4, 0.5) is 5.69 Å². The molecule has 2 N–H and O–H groups in total. The molecule has 3 nitrogen and oxygen atoms in total. The Morgan fingerprint density at radius 2 is 1.75 bits per heavy atom. The molecule has 0 aliphatic heterocycles. The lowest BCUT2D eigenvalue weighted by Crippen LogP contribution is -2.03. The smallest absolute Gasteiger partial charge is 0.335 e. The largest absolute Gasteiger partial charge is 0.478 e. The molecule has 0 fully saturated rings. The Morgan fingerprint density at radius 3 is 2.30 bits per heavy atom. The molecule has 0 aliphatic carbocycles. The van der Waals surface area contributed by atoms with Crippen LogP contribution in [0.3, 0.4) is 0 Å². The summed E-state index contributed by atoms with van der Waals surface area (Å²) in [6.45, 7) is 4.78. The number of carboxylic acids is 1. The molecule has 104 valence electrons. The van der Waals surface area contributed by atoms with Crippen molar-refractivity contribution in [3.05, 3.63) is 64.7 Å². The summed E-state index contributed by atoms with van der Waals surface area (Å²) in [4.78, 5) is 10.9. The van der Waals surface area contributed by atoms with E-state index < -0.39 is 5.97 Å². The van der Waals surface area contributed by atoms with Crippen molar-refractivity contribution in [3.8, 4) is 0 Å². The normalized spacial score (nSPS) is 10.3. The highest BCUT2D eigenvalue weighted by atomic mass is 16.4. The maximum absolute atomic E-state index is 10.9. The summed E-state index contributed by atoms with van der Waals surface area (Å²) in [5.41, 5.74) is 4.77. The van der Waals surface area contributed by atoms with E-state index in [9.17, 15) is 4.79 Å². The van der Waals surface area contributed by atoms with E-state index in [1.165, 1.54) is 11.1 Å². The maximum Gasteiger partial charge on any atom is 0.335 e. The van der Waals surface area contributed by atoms with Crippen LogP contribution in [0.15, 0.2) is 42.5 Å². The summed E-state index contributed by atoms with van der Waals surface area (Å²) in [5, 5.41) is 12.3. The van der Waals surface area contributed by atoms with Crippen LogP contribution in [0.1, 0.15) is 34.0 Å². The van der Waals surface area contributed by atoms with Crippen LogP contribution in [0, 0.1) is 6.92 Å². The van der Waals surface area contributed by atoms with E-state index in [2.05, 4.69) is 36.5 Å². The van der Waals surface area contributed by atoms with Gasteiger partial charge in [-0.3, -0.25) is 0 Å². The van der Waals surface area contributed by atoms with Gasteiger partial charge in [-0.25, -0.2) is 4.79 Å². The lowest BCUT2D eigenvalue weighted by Gasteiger charge is -2.10. The third-order valence-electron chi connectivity index (χ3n) is 3.39. The van der Waals surface area contributed by atoms with Crippen molar-refractivity contribution in [2.45, 2.75) is 26.8 Å². The van der Waals surface area contributed by atoms with E-state index in [0.29, 0.717) is 5.56 Å². The van der Waals surface area contributed by atoms with Crippen molar-refractivity contribution < 1.29 is 9.90 Å². The van der Waals surface area contributed by atoms with Gasteiger partial charge < -0.3 is 10.4 Å². The van der Waals surface area contributed by atoms with Crippen molar-refractivity contribution in [1.29, 1.82) is 0 Å². The molecule has 0 bridgehead atoms. The molecule has 0 aliphatic rings. The van der Waals surface area contributed by atoms with Crippen LogP contribution in [0.25, 0.3) is 0 Å². The van der Waals surface area contributed by atoms with Gasteiger partial charge in [0.15, 0.2) is 0 Å². The van der Waals surface area contributed by atoms with E-state index in [1.807, 2.05) is 13.0 Å². The molecule has 0 spiro atoms. The minimum absolute atomic E-state index is 0.320. The zero-order valence-corrected chi connectivity index (χ0v) is 11.8. The standard InChI is InChI=1S/C17H19NO2/c1-3-13-4-6-14(7-5-13)11-18-16-9-8-15(17(19)20)10-12(16)2/h4-10,18H,3,11H2,1-2H3,(H,19,20). The summed E-state index contributed by atoms with van der Waals surface area (Å²) in [6, 6.07) is 13.6. The first kappa shape index (κ1) is 14.1. The van der Waals surface area contributed by atoms with Gasteiger partial charge >= 0.3 is 5.97 Å². The van der Waals surface area contributed by atoms with Gasteiger partial charge in [0.05, 0.1) is 5.56 Å². The van der Waals surface area contributed by atoms with Gasteiger partial charge in [-0.05, 0) is 48.2 Å². The highest BCUT2D eigenvalue weighted by Gasteiger charge is 2.05. The highest BCUT2D eigenvalue weighted by Crippen LogP contribution is 2.17. The van der Waals surface area contributed by atoms with E-state index >= 15 is 0 Å². The Bertz CT molecular complexity index is 603. The number of nitrogens with one attached hydrogen (secondary N) is 1. The molecule has 0 aromatic heterocycles. The Balaban J connectivity index is 2.04. The number of aryl methyl sites for hydroxylation is 2. The number of benzene rings is 2. The molecule has 0 heterocycles. The number of anilines is 1. The molecular weight excluding hydrogens is 250 g/mol. The average Bonchev–Trinajstić information content (AvgIpc) is 2.46. The number of hydrogen-bond acceptors (Lipinski definition) is 2. The number of aromatic carboxylic acids is 1. The monoisotopic (exact) mass is 269 g/mol. The Hall–Kier alpha value is -2.29. The third-order valence-corrected chi connectivity index (χ3v) is 3.39. The first-order chi connectivity index (χ1) is 9.60. The van der Waals surface area contributed by atoms with Gasteiger partial charge in [-0.15, -0.1) is 0 Å². The van der Waals surface area contributed by atoms with Crippen LogP contribution in [0.2, 0.25) is 0 Å². The Kier molecular flexibility index (Phi) is 4.41. The summed E-state index contributed by atoms with van der Waals surface area (Å²) in [5.74, 6) is -0.894. The molecule has 20 heavy (non-hydrogen) atoms. The SMILES string of the molecule is CCc1ccc(CNc2ccc(C(=O)O)cc2C)cc1. The van der Waals surface area contributed by atoms with Gasteiger partial charge in [-0.2, -0.15) is 0 Å². The van der Waals surface area contributed by atoms with Gasteiger partial charge in [0.2, 0.25) is 0 Å². The predicted molar refractivity (Wildman–Crippen MR) is 81.3 cm³/mol. The van der Waals surface area contributed by atoms with Gasteiger partial charge in [-0.1, -0.05) is 31.2 Å². The molecular formula is C17H19NO2. The number of carbonyl (C=O) groups is 1. The number of rotatable bonds is 5. The van der Waals surface area contributed by atoms with E-state index in [4.69, 9.17) is 5.11 Å². The van der Waals surface area contributed by atoms with Crippen molar-refractivity contribution in [1.82, 2.24) is 0 Å². The second kappa shape index (κ2) is 6.24. The molecule has 0 radical (unpaired) electrons. The summed E-state index contributed by atoms with van der Waals surface area (Å²) >= 11 is 0. The fourth-order valence-corrected chi connectivity index (χ4v) is 2.09. The van der Waals surface area contributed by atoms with Crippen LogP contribution in [-0.2, 0) is 13.0 Å². The van der Waals surface area contributed by atoms with Crippen LogP contribution in [-0.4, -0.2) is 11.1 Å². The average molecular weight is 269 g/mol. The first-order valence-corrected chi connectivity index (χ1v) is 6.75. The molecule has 0 saturated carbocycles. The molecule has 0 atom stereocenters. The van der Waals surface area contributed by atoms with Crippen LogP contribution >= 0.6 is 0 Å². The fourth-order valence-electron chi connectivity index (χ4n) is 2.09. The second-order valence-electron chi connectivity index (χ2n) is 4.86. The quantitative estimate of drug-likeness (QED) is 0.866. The number of hydrogen-bond donors (Lipinski definition) is 2. The molecule has 3 heteroatoms. The topological polar surface area (TPSA) is 49.3 Å². The highest BCUT2D eigenvalue weighted by molar-refractivity contribution is 5.88. The summed E-state index contributed by atoms with van der Waals surface area (Å²) in [6.07, 6.45) is 1.05. The van der Waals surface area contributed by atoms with E-state index in [0.717, 1.165) is 24.2 Å². The summed E-state index contributed by atoms with van der Waals surface area (Å²) in [7, 11) is 0. The van der Waals surface area contributed by atoms with E-state index in [1.54, 1.807) is 12.1 Å². The van der Waals surface area contributed by atoms with Crippen LogP contribution < -0.4 is 5.32 Å². The number of carboxylic acid groups (broad SMARTS) is 1. The zero-order chi connectivity index (χ0) is 14.5. The zero-order valence-electron chi connectivity index (χ0n) is 11.8. The van der Waals surface area contributed by atoms with E-state index in [-0.39, 0.29) is 0 Å². The van der Waals surface area contributed by atoms with Crippen molar-refractivity contribution in [2.75, 3.05) is 5.32 Å². The Labute approximate surface area is 119 Å². The minimum atomic E-state index is -0.894. The molecule has 0 amide bonds. The predicted octanol–water partition coefficient (Wildman–Crippen LogP) is 3.87.